The lowest BCUT2D eigenvalue weighted by Gasteiger charge is -2.40. The second-order valence-electron chi connectivity index (χ2n) is 13.5. The van der Waals surface area contributed by atoms with Gasteiger partial charge in [0.05, 0.1) is 16.8 Å². The van der Waals surface area contributed by atoms with Crippen molar-refractivity contribution in [2.75, 3.05) is 0 Å². The first-order valence-corrected chi connectivity index (χ1v) is 18.0. The van der Waals surface area contributed by atoms with Gasteiger partial charge >= 0.3 is 0 Å². The first kappa shape index (κ1) is 29.2. The van der Waals surface area contributed by atoms with Crippen molar-refractivity contribution in [1.29, 1.82) is 0 Å². The Bertz CT molecular complexity index is 2530. The number of fused-ring (bicyclic) bond motifs is 11. The molecule has 1 aliphatic heterocycles. The van der Waals surface area contributed by atoms with Crippen LogP contribution in [0.1, 0.15) is 33.4 Å². The summed E-state index contributed by atoms with van der Waals surface area (Å²) >= 11 is 1.88. The van der Waals surface area contributed by atoms with E-state index < -0.39 is 5.41 Å². The maximum atomic E-state index is 5.23. The predicted octanol–water partition coefficient (Wildman–Crippen LogP) is 12.1. The lowest BCUT2D eigenvalue weighted by molar-refractivity contribution is 0.726. The Balaban J connectivity index is 1.23. The van der Waals surface area contributed by atoms with E-state index in [0.29, 0.717) is 0 Å². The van der Waals surface area contributed by atoms with Crippen LogP contribution in [0.4, 0.5) is 0 Å². The fraction of sp³-hybridized carbons (Fsp3) is 0.0638. The second kappa shape index (κ2) is 11.1. The number of benzene rings is 7. The smallest absolute Gasteiger partial charge is 0.160 e. The molecule has 10 rings (SSSR count). The highest BCUT2D eigenvalue weighted by Crippen LogP contribution is 2.63. The molecule has 0 saturated heterocycles. The first-order valence-electron chi connectivity index (χ1n) is 17.2. The molecule has 7 aromatic carbocycles. The fourth-order valence-corrected chi connectivity index (χ4v) is 9.46. The molecule has 0 unspecified atom stereocenters. The minimum Gasteiger partial charge on any atom is -0.228 e. The standard InChI is InChI=1S/C47H32N2S/c1-29-15-19-32(20-16-29)42-28-43(33-21-17-30(2)18-22-33)49-46(48-42)34-24-25-40-44(27-34)50-45-35-10-4-3-9-31(35)23-26-41(45)47(40)38-13-7-5-11-36(38)37-12-6-8-14-39(37)47/h3-28H,1-2H3. The van der Waals surface area contributed by atoms with Gasteiger partial charge in [0.15, 0.2) is 5.82 Å². The first-order chi connectivity index (χ1) is 24.6. The van der Waals surface area contributed by atoms with Crippen LogP contribution in [-0.4, -0.2) is 9.97 Å². The number of rotatable bonds is 3. The monoisotopic (exact) mass is 656 g/mol. The molecule has 1 aliphatic carbocycles. The summed E-state index contributed by atoms with van der Waals surface area (Å²) < 4.78 is 0. The normalized spacial score (nSPS) is 13.5. The van der Waals surface area contributed by atoms with E-state index in [4.69, 9.17) is 9.97 Å². The Morgan fingerprint density at radius 2 is 1.00 bits per heavy atom. The van der Waals surface area contributed by atoms with E-state index in [1.807, 2.05) is 11.8 Å². The van der Waals surface area contributed by atoms with Gasteiger partial charge < -0.3 is 0 Å². The van der Waals surface area contributed by atoms with Crippen molar-refractivity contribution in [3.05, 3.63) is 191 Å². The lowest BCUT2D eigenvalue weighted by atomic mass is 9.67. The lowest BCUT2D eigenvalue weighted by Crippen LogP contribution is -2.32. The number of hydrogen-bond donors (Lipinski definition) is 0. The van der Waals surface area contributed by atoms with Gasteiger partial charge in [0.1, 0.15) is 0 Å². The molecular formula is C47H32N2S. The van der Waals surface area contributed by atoms with Gasteiger partial charge in [0.25, 0.3) is 0 Å². The molecule has 2 nitrogen and oxygen atoms in total. The summed E-state index contributed by atoms with van der Waals surface area (Å²) in [6, 6.07) is 57.7. The largest absolute Gasteiger partial charge is 0.228 e. The summed E-state index contributed by atoms with van der Waals surface area (Å²) in [5.74, 6) is 0.729. The van der Waals surface area contributed by atoms with Gasteiger partial charge in [0.2, 0.25) is 0 Å². The van der Waals surface area contributed by atoms with Gasteiger partial charge in [-0.15, -0.1) is 0 Å². The van der Waals surface area contributed by atoms with Gasteiger partial charge in [0, 0.05) is 26.5 Å². The van der Waals surface area contributed by atoms with Crippen molar-refractivity contribution in [3.8, 4) is 45.0 Å². The van der Waals surface area contributed by atoms with Gasteiger partial charge in [-0.25, -0.2) is 9.97 Å². The Kier molecular flexibility index (Phi) is 6.49. The Morgan fingerprint density at radius 3 is 1.64 bits per heavy atom. The molecule has 0 saturated carbocycles. The fourth-order valence-electron chi connectivity index (χ4n) is 8.10. The second-order valence-corrected chi connectivity index (χ2v) is 14.6. The van der Waals surface area contributed by atoms with Crippen LogP contribution < -0.4 is 0 Å². The average Bonchev–Trinajstić information content (AvgIpc) is 3.46. The Hall–Kier alpha value is -5.77. The van der Waals surface area contributed by atoms with Crippen molar-refractivity contribution in [3.63, 3.8) is 0 Å². The molecule has 0 radical (unpaired) electrons. The molecule has 1 aromatic heterocycles. The van der Waals surface area contributed by atoms with Crippen LogP contribution >= 0.6 is 11.8 Å². The summed E-state index contributed by atoms with van der Waals surface area (Å²) in [6.45, 7) is 4.24. The SMILES string of the molecule is Cc1ccc(-c2cc(-c3ccc(C)cc3)nc(-c3ccc4c(c3)Sc3c(ccc5ccccc35)C43c4ccccc4-c4ccccc43)n2)cc1. The minimum atomic E-state index is -0.441. The van der Waals surface area contributed by atoms with Crippen LogP contribution in [0.25, 0.3) is 55.8 Å². The van der Waals surface area contributed by atoms with Crippen molar-refractivity contribution < 1.29 is 0 Å². The molecule has 0 fully saturated rings. The quantitative estimate of drug-likeness (QED) is 0.189. The van der Waals surface area contributed by atoms with Gasteiger partial charge in [-0.2, -0.15) is 0 Å². The van der Waals surface area contributed by atoms with Gasteiger partial charge in [-0.1, -0.05) is 168 Å². The molecule has 1 spiro atoms. The highest BCUT2D eigenvalue weighted by atomic mass is 32.2. The van der Waals surface area contributed by atoms with Crippen molar-refractivity contribution in [2.24, 2.45) is 0 Å². The van der Waals surface area contributed by atoms with Crippen LogP contribution in [0, 0.1) is 13.8 Å². The summed E-state index contributed by atoms with van der Waals surface area (Å²) in [4.78, 5) is 13.0. The summed E-state index contributed by atoms with van der Waals surface area (Å²) in [5, 5.41) is 2.54. The highest BCUT2D eigenvalue weighted by molar-refractivity contribution is 7.99. The van der Waals surface area contributed by atoms with E-state index in [2.05, 4.69) is 172 Å². The minimum absolute atomic E-state index is 0.441. The maximum Gasteiger partial charge on any atom is 0.160 e. The van der Waals surface area contributed by atoms with Crippen LogP contribution in [-0.2, 0) is 5.41 Å². The van der Waals surface area contributed by atoms with Crippen molar-refractivity contribution in [2.45, 2.75) is 29.1 Å². The van der Waals surface area contributed by atoms with Crippen molar-refractivity contribution in [1.82, 2.24) is 9.97 Å². The summed E-state index contributed by atoms with van der Waals surface area (Å²) in [5.41, 5.74) is 15.0. The zero-order valence-electron chi connectivity index (χ0n) is 27.8. The van der Waals surface area contributed by atoms with Crippen LogP contribution in [0.2, 0.25) is 0 Å². The molecule has 2 heterocycles. The van der Waals surface area contributed by atoms with E-state index in [1.165, 1.54) is 65.1 Å². The van der Waals surface area contributed by atoms with E-state index >= 15 is 0 Å². The topological polar surface area (TPSA) is 25.8 Å². The number of hydrogen-bond acceptors (Lipinski definition) is 3. The third-order valence-corrected chi connectivity index (χ3v) is 11.7. The van der Waals surface area contributed by atoms with Crippen LogP contribution in [0.3, 0.4) is 0 Å². The van der Waals surface area contributed by atoms with Crippen LogP contribution in [0.5, 0.6) is 0 Å². The summed E-state index contributed by atoms with van der Waals surface area (Å²) in [7, 11) is 0. The molecule has 236 valence electrons. The van der Waals surface area contributed by atoms with Crippen LogP contribution in [0.15, 0.2) is 168 Å². The number of nitrogens with zero attached hydrogens (tertiary/aromatic N) is 2. The molecular weight excluding hydrogens is 625 g/mol. The van der Waals surface area contributed by atoms with Gasteiger partial charge in [-0.05, 0) is 70.1 Å². The average molecular weight is 657 g/mol. The zero-order valence-corrected chi connectivity index (χ0v) is 28.6. The molecule has 0 bridgehead atoms. The Morgan fingerprint density at radius 1 is 0.460 bits per heavy atom. The van der Waals surface area contributed by atoms with E-state index in [9.17, 15) is 0 Å². The molecule has 0 N–H and O–H groups in total. The Labute approximate surface area is 296 Å². The zero-order chi connectivity index (χ0) is 33.4. The third-order valence-electron chi connectivity index (χ3n) is 10.5. The van der Waals surface area contributed by atoms with Crippen molar-refractivity contribution >= 4 is 22.5 Å². The molecule has 2 aliphatic rings. The predicted molar refractivity (Wildman–Crippen MR) is 207 cm³/mol. The molecule has 8 aromatic rings. The molecule has 3 heteroatoms. The molecule has 0 atom stereocenters. The molecule has 0 amide bonds. The van der Waals surface area contributed by atoms with Gasteiger partial charge in [-0.3, -0.25) is 0 Å². The molecule has 50 heavy (non-hydrogen) atoms. The van der Waals surface area contributed by atoms with E-state index in [0.717, 1.165) is 33.9 Å². The highest BCUT2D eigenvalue weighted by Gasteiger charge is 2.50. The van der Waals surface area contributed by atoms with E-state index in [1.54, 1.807) is 0 Å². The third kappa shape index (κ3) is 4.30. The van der Waals surface area contributed by atoms with E-state index in [-0.39, 0.29) is 0 Å². The maximum absolute atomic E-state index is 5.23. The number of aryl methyl sites for hydroxylation is 2. The number of aromatic nitrogens is 2. The summed E-state index contributed by atoms with van der Waals surface area (Å²) in [6.07, 6.45) is 0.